The monoisotopic (exact) mass is 251 g/mol. The highest BCUT2D eigenvalue weighted by Crippen LogP contribution is 2.31. The summed E-state index contributed by atoms with van der Waals surface area (Å²) in [5.41, 5.74) is 2.21. The van der Waals surface area contributed by atoms with Crippen molar-refractivity contribution >= 4 is 27.9 Å². The minimum Gasteiger partial charge on any atom is -0.325 e. The molecule has 0 radical (unpaired) electrons. The van der Waals surface area contributed by atoms with Crippen molar-refractivity contribution in [3.05, 3.63) is 41.5 Å². The molecule has 0 aromatic heterocycles. The molecule has 14 heavy (non-hydrogen) atoms. The van der Waals surface area contributed by atoms with Crippen molar-refractivity contribution in [3.8, 4) is 0 Å². The quantitative estimate of drug-likeness (QED) is 0.513. The molecule has 1 aliphatic heterocycles. The van der Waals surface area contributed by atoms with E-state index in [9.17, 15) is 4.79 Å². The topological polar surface area (TPSA) is 20.3 Å². The standard InChI is InChI=1S/C11H10BrNO/c1-13-10(14)7-6-8-4-2-3-5-9(8)11(13)12/h2-7,11H,1H3. The van der Waals surface area contributed by atoms with Crippen LogP contribution in [0, 0.1) is 0 Å². The van der Waals surface area contributed by atoms with Crippen molar-refractivity contribution in [2.45, 2.75) is 4.95 Å². The first-order valence-corrected chi connectivity index (χ1v) is 5.29. The Morgan fingerprint density at radius 1 is 1.29 bits per heavy atom. The van der Waals surface area contributed by atoms with Gasteiger partial charge in [0.05, 0.1) is 0 Å². The Morgan fingerprint density at radius 2 is 2.00 bits per heavy atom. The van der Waals surface area contributed by atoms with Crippen LogP contribution in [0.5, 0.6) is 0 Å². The van der Waals surface area contributed by atoms with Gasteiger partial charge in [-0.25, -0.2) is 0 Å². The number of carbonyl (C=O) groups is 1. The Morgan fingerprint density at radius 3 is 2.79 bits per heavy atom. The van der Waals surface area contributed by atoms with E-state index in [4.69, 9.17) is 0 Å². The van der Waals surface area contributed by atoms with Gasteiger partial charge in [-0.05, 0) is 17.2 Å². The van der Waals surface area contributed by atoms with Gasteiger partial charge in [-0.1, -0.05) is 40.2 Å². The molecule has 0 fully saturated rings. The summed E-state index contributed by atoms with van der Waals surface area (Å²) in [7, 11) is 1.79. The summed E-state index contributed by atoms with van der Waals surface area (Å²) in [6, 6.07) is 7.98. The van der Waals surface area contributed by atoms with Crippen molar-refractivity contribution in [2.24, 2.45) is 0 Å². The van der Waals surface area contributed by atoms with Crippen LogP contribution in [0.25, 0.3) is 6.08 Å². The fourth-order valence-corrected chi connectivity index (χ4v) is 2.10. The first-order chi connectivity index (χ1) is 6.70. The van der Waals surface area contributed by atoms with E-state index in [1.807, 2.05) is 30.3 Å². The SMILES string of the molecule is CN1C(=O)C=Cc2ccccc2C1Br. The highest BCUT2D eigenvalue weighted by atomic mass is 79.9. The van der Waals surface area contributed by atoms with E-state index in [0.717, 1.165) is 11.1 Å². The second-order valence-corrected chi connectivity index (χ2v) is 4.11. The Labute approximate surface area is 91.3 Å². The lowest BCUT2D eigenvalue weighted by atomic mass is 10.1. The molecule has 72 valence electrons. The van der Waals surface area contributed by atoms with Gasteiger partial charge < -0.3 is 4.90 Å². The average molecular weight is 252 g/mol. The minimum atomic E-state index is -0.0406. The highest BCUT2D eigenvalue weighted by Gasteiger charge is 2.21. The third-order valence-corrected chi connectivity index (χ3v) is 3.45. The van der Waals surface area contributed by atoms with Crippen molar-refractivity contribution in [3.63, 3.8) is 0 Å². The summed E-state index contributed by atoms with van der Waals surface area (Å²) in [6.45, 7) is 0. The molecule has 1 heterocycles. The number of alkyl halides is 1. The third kappa shape index (κ3) is 1.48. The maximum atomic E-state index is 11.5. The molecule has 0 aliphatic carbocycles. The minimum absolute atomic E-state index is 0.0167. The molecule has 2 rings (SSSR count). The zero-order valence-electron chi connectivity index (χ0n) is 7.77. The Bertz CT molecular complexity index is 400. The average Bonchev–Trinajstić information content (AvgIpc) is 2.32. The van der Waals surface area contributed by atoms with Gasteiger partial charge in [-0.2, -0.15) is 0 Å². The number of hydrogen-bond donors (Lipinski definition) is 0. The second-order valence-electron chi connectivity index (χ2n) is 3.25. The lowest BCUT2D eigenvalue weighted by Gasteiger charge is -2.21. The number of benzene rings is 1. The van der Waals surface area contributed by atoms with Crippen LogP contribution in [0.3, 0.4) is 0 Å². The molecular weight excluding hydrogens is 242 g/mol. The highest BCUT2D eigenvalue weighted by molar-refractivity contribution is 9.09. The van der Waals surface area contributed by atoms with E-state index in [0.29, 0.717) is 0 Å². The van der Waals surface area contributed by atoms with E-state index < -0.39 is 0 Å². The predicted molar refractivity (Wildman–Crippen MR) is 59.9 cm³/mol. The fraction of sp³-hybridized carbons (Fsp3) is 0.182. The molecule has 1 aromatic carbocycles. The molecule has 3 heteroatoms. The molecule has 0 spiro atoms. The molecule has 1 atom stereocenters. The van der Waals surface area contributed by atoms with Crippen molar-refractivity contribution in [2.75, 3.05) is 7.05 Å². The van der Waals surface area contributed by atoms with Gasteiger partial charge in [-0.15, -0.1) is 0 Å². The summed E-state index contributed by atoms with van der Waals surface area (Å²) in [6.07, 6.45) is 3.45. The van der Waals surface area contributed by atoms with Crippen LogP contribution in [-0.4, -0.2) is 17.9 Å². The zero-order valence-corrected chi connectivity index (χ0v) is 9.36. The van der Waals surface area contributed by atoms with E-state index in [-0.39, 0.29) is 10.9 Å². The van der Waals surface area contributed by atoms with Crippen LogP contribution in [0.4, 0.5) is 0 Å². The molecule has 0 bridgehead atoms. The van der Waals surface area contributed by atoms with Crippen LogP contribution < -0.4 is 0 Å². The molecule has 0 N–H and O–H groups in total. The maximum absolute atomic E-state index is 11.5. The number of rotatable bonds is 0. The molecule has 0 saturated heterocycles. The van der Waals surface area contributed by atoms with Gasteiger partial charge in [0.25, 0.3) is 0 Å². The van der Waals surface area contributed by atoms with Gasteiger partial charge in [0.2, 0.25) is 5.91 Å². The van der Waals surface area contributed by atoms with Gasteiger partial charge >= 0.3 is 0 Å². The lowest BCUT2D eigenvalue weighted by Crippen LogP contribution is -2.25. The van der Waals surface area contributed by atoms with Gasteiger partial charge in [-0.3, -0.25) is 4.79 Å². The molecule has 1 unspecified atom stereocenters. The van der Waals surface area contributed by atoms with Crippen molar-refractivity contribution in [1.29, 1.82) is 0 Å². The van der Waals surface area contributed by atoms with Gasteiger partial charge in [0.1, 0.15) is 4.95 Å². The largest absolute Gasteiger partial charge is 0.325 e. The van der Waals surface area contributed by atoms with Gasteiger partial charge in [0, 0.05) is 13.1 Å². The number of hydrogen-bond acceptors (Lipinski definition) is 1. The third-order valence-electron chi connectivity index (χ3n) is 2.35. The smallest absolute Gasteiger partial charge is 0.247 e. The van der Waals surface area contributed by atoms with Crippen LogP contribution in [0.15, 0.2) is 30.3 Å². The van der Waals surface area contributed by atoms with Crippen LogP contribution in [-0.2, 0) is 4.79 Å². The van der Waals surface area contributed by atoms with Crippen LogP contribution in [0.2, 0.25) is 0 Å². The predicted octanol–water partition coefficient (Wildman–Crippen LogP) is 2.57. The van der Waals surface area contributed by atoms with E-state index in [2.05, 4.69) is 15.9 Å². The summed E-state index contributed by atoms with van der Waals surface area (Å²) in [4.78, 5) is 13.1. The summed E-state index contributed by atoms with van der Waals surface area (Å²) < 4.78 is 0. The number of nitrogens with zero attached hydrogens (tertiary/aromatic N) is 1. The maximum Gasteiger partial charge on any atom is 0.247 e. The molecule has 2 nitrogen and oxygen atoms in total. The second kappa shape index (κ2) is 3.58. The van der Waals surface area contributed by atoms with E-state index in [1.54, 1.807) is 18.0 Å². The Kier molecular flexibility index (Phi) is 2.42. The molecule has 1 amide bonds. The normalized spacial score (nSPS) is 20.6. The molecule has 1 aliphatic rings. The summed E-state index contributed by atoms with van der Waals surface area (Å²) in [5.74, 6) is 0.0167. The first-order valence-electron chi connectivity index (χ1n) is 4.38. The summed E-state index contributed by atoms with van der Waals surface area (Å²) in [5, 5.41) is 0. The number of likely N-dealkylation sites (N-methyl/N-ethyl adjacent to an activating group) is 1. The number of fused-ring (bicyclic) bond motifs is 1. The number of amides is 1. The molecule has 0 saturated carbocycles. The first kappa shape index (κ1) is 9.46. The van der Waals surface area contributed by atoms with Crippen molar-refractivity contribution in [1.82, 2.24) is 4.90 Å². The lowest BCUT2D eigenvalue weighted by molar-refractivity contribution is -0.125. The van der Waals surface area contributed by atoms with Crippen LogP contribution >= 0.6 is 15.9 Å². The summed E-state index contributed by atoms with van der Waals surface area (Å²) >= 11 is 3.51. The Balaban J connectivity index is 2.54. The van der Waals surface area contributed by atoms with Crippen molar-refractivity contribution < 1.29 is 4.79 Å². The number of carbonyl (C=O) groups excluding carboxylic acids is 1. The molecule has 1 aromatic rings. The Hall–Kier alpha value is -1.09. The fourth-order valence-electron chi connectivity index (χ4n) is 1.48. The van der Waals surface area contributed by atoms with Crippen LogP contribution in [0.1, 0.15) is 16.1 Å². The van der Waals surface area contributed by atoms with E-state index >= 15 is 0 Å². The molecular formula is C11H10BrNO. The van der Waals surface area contributed by atoms with E-state index in [1.165, 1.54) is 0 Å². The number of halogens is 1. The van der Waals surface area contributed by atoms with Gasteiger partial charge in [0.15, 0.2) is 0 Å². The zero-order chi connectivity index (χ0) is 10.1.